The van der Waals surface area contributed by atoms with Gasteiger partial charge in [0.2, 0.25) is 0 Å². The van der Waals surface area contributed by atoms with E-state index < -0.39 is 0 Å². The molecule has 0 saturated heterocycles. The van der Waals surface area contributed by atoms with Crippen LogP contribution < -0.4 is 0 Å². The third kappa shape index (κ3) is 24.6. The van der Waals surface area contributed by atoms with Crippen LogP contribution in [0.25, 0.3) is 87.6 Å². The maximum absolute atomic E-state index is 2.28. The molecule has 0 N–H and O–H groups in total. The zero-order chi connectivity index (χ0) is 95.7. The fourth-order valence-corrected chi connectivity index (χ4v) is 17.7. The number of benzene rings is 17. The lowest BCUT2D eigenvalue weighted by molar-refractivity contribution is 1.22. The highest BCUT2D eigenvalue weighted by Crippen LogP contribution is 2.40. The van der Waals surface area contributed by atoms with Crippen LogP contribution in [0.4, 0.5) is 0 Å². The highest BCUT2D eigenvalue weighted by molar-refractivity contribution is 5.95. The van der Waals surface area contributed by atoms with Crippen LogP contribution in [-0.4, -0.2) is 0 Å². The van der Waals surface area contributed by atoms with E-state index in [1.54, 1.807) is 0 Å². The van der Waals surface area contributed by atoms with Gasteiger partial charge in [-0.25, -0.2) is 0 Å². The van der Waals surface area contributed by atoms with E-state index in [1.807, 2.05) is 0 Å². The van der Waals surface area contributed by atoms with Gasteiger partial charge in [0.25, 0.3) is 0 Å². The number of rotatable bonds is 4. The minimum atomic E-state index is 1.31. The third-order valence-electron chi connectivity index (χ3n) is 28.5. The Morgan fingerprint density at radius 3 is 0.692 bits per heavy atom. The van der Waals surface area contributed by atoms with Crippen molar-refractivity contribution in [3.8, 4) is 44.5 Å². The summed E-state index contributed by atoms with van der Waals surface area (Å²) in [6.07, 6.45) is 0. The van der Waals surface area contributed by atoms with Crippen LogP contribution in [0.1, 0.15) is 200 Å². The molecule has 0 amide bonds. The third-order valence-corrected chi connectivity index (χ3v) is 28.5. The predicted octanol–water partition coefficient (Wildman–Crippen LogP) is 37.6. The standard InChI is InChI=1S/C22H22.2C16H18.4C14H16.2C10H14/c1-15-16(2)22(20-13-9-6-10-14-20)18(4)17(3)21(15)19-11-7-5-8-12-19;1-11-5-7-15(9-13(11)3)16-8-6-12(2)14(4)10-16;1-11-7-5-9-15(13(11)3)16-10-6-8-12(2)14(16)4;1-9-5-13-7-11(3)12(4)8-14(13)6-10(9)2;1-9-5-7-14-12(4)10(2)6-8-13(14)11(9)3;1-9-5-6-11(3)14-12(4)8-7-10(2)13(9)14;1-9-6-5-7-13-12(4)10(2)8-11(3)14(9)13;1-7-5-9(3)10(4)6-8(7)2;1-7-5-6-8(2)10(4)9(7)3/h5-14H,1-4H3;2*5-10H,1-4H3;4*5-8H,1-4H3;2*5-6H,1-4H3. The van der Waals surface area contributed by atoms with E-state index in [-0.39, 0.29) is 0 Å². The largest absolute Gasteiger partial charge is 0.0622 e. The van der Waals surface area contributed by atoms with Crippen molar-refractivity contribution in [2.24, 2.45) is 0 Å². The molecule has 0 saturated carbocycles. The molecule has 0 aliphatic heterocycles. The molecule has 0 heteroatoms. The quantitative estimate of drug-likeness (QED) is 0.165. The van der Waals surface area contributed by atoms with Crippen molar-refractivity contribution in [2.75, 3.05) is 0 Å². The van der Waals surface area contributed by atoms with Crippen LogP contribution in [0.2, 0.25) is 0 Å². The van der Waals surface area contributed by atoms with Gasteiger partial charge in [-0.05, 0) is 537 Å². The lowest BCUT2D eigenvalue weighted by Crippen LogP contribution is -1.99. The average Bonchev–Trinajstić information content (AvgIpc) is 0.756. The van der Waals surface area contributed by atoms with Gasteiger partial charge >= 0.3 is 0 Å². The van der Waals surface area contributed by atoms with Crippen molar-refractivity contribution in [2.45, 2.75) is 249 Å². The van der Waals surface area contributed by atoms with Crippen molar-refractivity contribution in [1.29, 1.82) is 0 Å². The van der Waals surface area contributed by atoms with Gasteiger partial charge in [-0.15, -0.1) is 0 Å². The Morgan fingerprint density at radius 2 is 0.362 bits per heavy atom. The number of hydrogen-bond donors (Lipinski definition) is 0. The monoisotopic (exact) mass is 1710 g/mol. The van der Waals surface area contributed by atoms with Gasteiger partial charge in [0.1, 0.15) is 0 Å². The number of aryl methyl sites for hydroxylation is 28. The SMILES string of the molecule is Cc1c(C)c(-c2ccccc2)c(C)c(C)c1-c1ccccc1.Cc1cc(C)c(C)cc1C.Cc1cc(C)c2c(C)cccc2c1C.Cc1cc2cc(C)c(C)cc2cc1C.Cc1ccc(-c2ccc(C)c(C)c2)cc1C.Cc1ccc(C)c(C)c1C.Cc1ccc(C)c2c(C)ccc(C)c12.Cc1ccc2c(C)c(C)ccc2c1C.Cc1cccc(-c2cccc(C)c2C)c1C. The molecule has 17 aromatic carbocycles. The fraction of sp³-hybridized carbons (Fsp3) is 0.277. The smallest absolute Gasteiger partial charge is 0.0120 e. The van der Waals surface area contributed by atoms with Crippen LogP contribution in [0.15, 0.2) is 255 Å². The first kappa shape index (κ1) is 102. The van der Waals surface area contributed by atoms with Gasteiger partial charge in [-0.3, -0.25) is 0 Å². The molecule has 0 unspecified atom stereocenters. The number of hydrogen-bond acceptors (Lipinski definition) is 0. The van der Waals surface area contributed by atoms with Gasteiger partial charge in [-0.1, -0.05) is 255 Å². The second kappa shape index (κ2) is 45.4. The second-order valence-electron chi connectivity index (χ2n) is 37.7. The Bertz CT molecular complexity index is 6400. The molecule has 0 bridgehead atoms. The Kier molecular flexibility index (Phi) is 35.4. The zero-order valence-electron chi connectivity index (χ0n) is 86.2. The van der Waals surface area contributed by atoms with Crippen LogP contribution in [-0.2, 0) is 0 Å². The molecular formula is C130H150. The first-order valence-electron chi connectivity index (χ1n) is 46.9. The van der Waals surface area contributed by atoms with Crippen molar-refractivity contribution in [1.82, 2.24) is 0 Å². The highest BCUT2D eigenvalue weighted by Gasteiger charge is 2.18. The molecule has 0 fully saturated rings. The molecule has 0 aliphatic carbocycles. The van der Waals surface area contributed by atoms with Crippen molar-refractivity contribution < 1.29 is 0 Å². The molecule has 17 rings (SSSR count). The highest BCUT2D eigenvalue weighted by atomic mass is 14.2. The minimum Gasteiger partial charge on any atom is -0.0622 e. The molecule has 0 heterocycles. The summed E-state index contributed by atoms with van der Waals surface area (Å²) in [7, 11) is 0. The van der Waals surface area contributed by atoms with Crippen LogP contribution in [0.5, 0.6) is 0 Å². The number of fused-ring (bicyclic) bond motifs is 4. The summed E-state index contributed by atoms with van der Waals surface area (Å²) in [5.74, 6) is 0. The van der Waals surface area contributed by atoms with E-state index in [0.29, 0.717) is 0 Å². The molecule has 0 aliphatic rings. The lowest BCUT2D eigenvalue weighted by Gasteiger charge is -2.21. The van der Waals surface area contributed by atoms with Crippen molar-refractivity contribution >= 4 is 43.1 Å². The second-order valence-corrected chi connectivity index (χ2v) is 37.7. The molecule has 130 heavy (non-hydrogen) atoms. The molecule has 0 nitrogen and oxygen atoms in total. The zero-order valence-corrected chi connectivity index (χ0v) is 86.2. The van der Waals surface area contributed by atoms with Crippen LogP contribution in [0, 0.1) is 249 Å². The summed E-state index contributed by atoms with van der Waals surface area (Å²) in [6.45, 7) is 78.6. The Hall–Kier alpha value is -12.2. The first-order chi connectivity index (χ1) is 61.4. The van der Waals surface area contributed by atoms with Crippen molar-refractivity contribution in [3.63, 3.8) is 0 Å². The fourth-order valence-electron chi connectivity index (χ4n) is 17.7. The summed E-state index contributed by atoms with van der Waals surface area (Å²) >= 11 is 0. The Morgan fingerprint density at radius 1 is 0.115 bits per heavy atom. The lowest BCUT2D eigenvalue weighted by atomic mass is 9.83. The van der Waals surface area contributed by atoms with E-state index in [9.17, 15) is 0 Å². The maximum Gasteiger partial charge on any atom is -0.0120 e. The summed E-state index contributed by atoms with van der Waals surface area (Å²) in [5.41, 5.74) is 60.6. The average molecular weight is 1710 g/mol. The summed E-state index contributed by atoms with van der Waals surface area (Å²) < 4.78 is 0. The van der Waals surface area contributed by atoms with E-state index in [0.717, 1.165) is 0 Å². The molecule has 0 atom stereocenters. The molecule has 0 aromatic heterocycles. The van der Waals surface area contributed by atoms with Gasteiger partial charge in [0.15, 0.2) is 0 Å². The van der Waals surface area contributed by atoms with E-state index in [1.165, 1.54) is 288 Å². The van der Waals surface area contributed by atoms with Crippen LogP contribution in [0.3, 0.4) is 0 Å². The molecule has 17 aromatic rings. The van der Waals surface area contributed by atoms with E-state index >= 15 is 0 Å². The van der Waals surface area contributed by atoms with Gasteiger partial charge in [0.05, 0.1) is 0 Å². The Balaban J connectivity index is 0.000000166. The minimum absolute atomic E-state index is 1.31. The van der Waals surface area contributed by atoms with Gasteiger partial charge in [0, 0.05) is 0 Å². The summed E-state index contributed by atoms with van der Waals surface area (Å²) in [6, 6.07) is 92.3. The molecule has 0 spiro atoms. The normalized spacial score (nSPS) is 10.6. The van der Waals surface area contributed by atoms with Crippen molar-refractivity contribution in [3.05, 3.63) is 455 Å². The first-order valence-corrected chi connectivity index (χ1v) is 46.9. The topological polar surface area (TPSA) is 0 Å². The van der Waals surface area contributed by atoms with Gasteiger partial charge in [-0.2, -0.15) is 0 Å². The van der Waals surface area contributed by atoms with E-state index in [2.05, 4.69) is 504 Å². The molecular weight excluding hydrogens is 1560 g/mol. The molecule has 670 valence electrons. The maximum atomic E-state index is 2.28. The summed E-state index contributed by atoms with van der Waals surface area (Å²) in [4.78, 5) is 0. The summed E-state index contributed by atoms with van der Waals surface area (Å²) in [5, 5.41) is 11.2. The molecule has 0 radical (unpaired) electrons. The predicted molar refractivity (Wildman–Crippen MR) is 580 cm³/mol. The van der Waals surface area contributed by atoms with Gasteiger partial charge < -0.3 is 0 Å². The Labute approximate surface area is 786 Å². The van der Waals surface area contributed by atoms with E-state index in [4.69, 9.17) is 0 Å². The van der Waals surface area contributed by atoms with Crippen LogP contribution >= 0.6 is 0 Å².